The van der Waals surface area contributed by atoms with Crippen LogP contribution >= 0.6 is 11.5 Å². The van der Waals surface area contributed by atoms with Crippen LogP contribution in [-0.4, -0.2) is 15.9 Å². The number of nitrogens with zero attached hydrogens (tertiary/aromatic N) is 2. The van der Waals surface area contributed by atoms with Crippen molar-refractivity contribution in [3.8, 4) is 0 Å². The number of hydrogen-bond donors (Lipinski definition) is 1. The maximum atomic E-state index is 9.94. The largest absolute Gasteiger partial charge is 0.381 e. The summed E-state index contributed by atoms with van der Waals surface area (Å²) in [6, 6.07) is 0. The zero-order valence-corrected chi connectivity index (χ0v) is 4.68. The zero-order chi connectivity index (χ0) is 5.98. The number of carbonyl (C=O) groups is 1. The molecule has 0 atom stereocenters. The fourth-order valence-corrected chi connectivity index (χ4v) is 0.680. The van der Waals surface area contributed by atoms with E-state index in [4.69, 9.17) is 5.73 Å². The van der Waals surface area contributed by atoms with E-state index >= 15 is 0 Å². The molecule has 8 heavy (non-hydrogen) atoms. The molecule has 42 valence electrons. The molecular weight excluding hydrogens is 126 g/mol. The van der Waals surface area contributed by atoms with Gasteiger partial charge >= 0.3 is 0 Å². The minimum atomic E-state index is 0.213. The molecule has 5 heteroatoms. The van der Waals surface area contributed by atoms with Crippen LogP contribution in [0.1, 0.15) is 9.67 Å². The van der Waals surface area contributed by atoms with Crippen LogP contribution in [0.15, 0.2) is 0 Å². The van der Waals surface area contributed by atoms with Crippen molar-refractivity contribution in [3.05, 3.63) is 4.88 Å². The third kappa shape index (κ3) is 0.671. The predicted molar refractivity (Wildman–Crippen MR) is 29.7 cm³/mol. The van der Waals surface area contributed by atoms with E-state index in [0.717, 1.165) is 11.5 Å². The van der Waals surface area contributed by atoms with Crippen LogP contribution in [0.25, 0.3) is 0 Å². The van der Waals surface area contributed by atoms with E-state index < -0.39 is 0 Å². The molecule has 0 aliphatic carbocycles. The number of nitrogens with two attached hydrogens (primary N) is 1. The van der Waals surface area contributed by atoms with Gasteiger partial charge in [0.05, 0.1) is 0 Å². The van der Waals surface area contributed by atoms with E-state index in [1.165, 1.54) is 0 Å². The third-order valence-corrected chi connectivity index (χ3v) is 1.31. The Balaban J connectivity index is 3.09. The highest BCUT2D eigenvalue weighted by Crippen LogP contribution is 2.06. The second kappa shape index (κ2) is 1.87. The molecule has 0 aliphatic rings. The highest BCUT2D eigenvalue weighted by Gasteiger charge is 1.98. The van der Waals surface area contributed by atoms with Crippen molar-refractivity contribution in [1.29, 1.82) is 0 Å². The number of aromatic nitrogens is 2. The Morgan fingerprint density at radius 3 is 2.75 bits per heavy atom. The minimum absolute atomic E-state index is 0.213. The fraction of sp³-hybridized carbons (Fsp3) is 0. The highest BCUT2D eigenvalue weighted by molar-refractivity contribution is 7.07. The molecule has 0 aliphatic heterocycles. The summed E-state index contributed by atoms with van der Waals surface area (Å²) in [6.07, 6.45) is 0.639. The van der Waals surface area contributed by atoms with Gasteiger partial charge in [-0.05, 0) is 11.5 Å². The molecule has 0 bridgehead atoms. The monoisotopic (exact) mass is 129 g/mol. The molecule has 0 fully saturated rings. The Morgan fingerprint density at radius 2 is 2.50 bits per heavy atom. The summed E-state index contributed by atoms with van der Waals surface area (Å²) in [4.78, 5) is 10.3. The number of rotatable bonds is 1. The van der Waals surface area contributed by atoms with Gasteiger partial charge in [-0.25, -0.2) is 0 Å². The Hall–Kier alpha value is -0.970. The summed E-state index contributed by atoms with van der Waals surface area (Å²) in [5, 5.41) is 3.40. The van der Waals surface area contributed by atoms with Crippen molar-refractivity contribution in [2.45, 2.75) is 0 Å². The third-order valence-electron chi connectivity index (χ3n) is 0.647. The second-order valence-electron chi connectivity index (χ2n) is 1.14. The first-order chi connectivity index (χ1) is 3.84. The number of hydrogen-bond acceptors (Lipinski definition) is 5. The second-order valence-corrected chi connectivity index (χ2v) is 1.93. The smallest absolute Gasteiger partial charge is 0.169 e. The number of carbonyl (C=O) groups excluding carboxylic acids is 1. The molecule has 1 heterocycles. The predicted octanol–water partition coefficient (Wildman–Crippen LogP) is -0.0672. The molecular formula is C3H3N3OS. The van der Waals surface area contributed by atoms with Crippen LogP contribution in [0.5, 0.6) is 0 Å². The lowest BCUT2D eigenvalue weighted by molar-refractivity contribution is 0.112. The number of nitrogen functional groups attached to an aromatic ring is 1. The zero-order valence-electron chi connectivity index (χ0n) is 3.87. The molecule has 0 aromatic carbocycles. The van der Waals surface area contributed by atoms with Gasteiger partial charge in [0.2, 0.25) is 0 Å². The SMILES string of the molecule is Nc1nnsc1C=O. The number of aldehydes is 1. The summed E-state index contributed by atoms with van der Waals surface area (Å²) >= 11 is 0.995. The van der Waals surface area contributed by atoms with Gasteiger partial charge in [-0.15, -0.1) is 5.10 Å². The van der Waals surface area contributed by atoms with E-state index in [-0.39, 0.29) is 5.82 Å². The van der Waals surface area contributed by atoms with Gasteiger partial charge in [0.25, 0.3) is 0 Å². The maximum Gasteiger partial charge on any atom is 0.169 e. The first-order valence-corrected chi connectivity index (χ1v) is 2.65. The van der Waals surface area contributed by atoms with Crippen LogP contribution in [0, 0.1) is 0 Å². The first kappa shape index (κ1) is 5.17. The summed E-state index contributed by atoms with van der Waals surface area (Å²) in [5.74, 6) is 0.213. The summed E-state index contributed by atoms with van der Waals surface area (Å²) < 4.78 is 3.43. The highest BCUT2D eigenvalue weighted by atomic mass is 32.1. The fourth-order valence-electron chi connectivity index (χ4n) is 0.286. The summed E-state index contributed by atoms with van der Waals surface area (Å²) in [7, 11) is 0. The van der Waals surface area contributed by atoms with Crippen molar-refractivity contribution in [3.63, 3.8) is 0 Å². The maximum absolute atomic E-state index is 9.94. The molecule has 1 aromatic heterocycles. The minimum Gasteiger partial charge on any atom is -0.381 e. The lowest BCUT2D eigenvalue weighted by Gasteiger charge is -1.75. The lowest BCUT2D eigenvalue weighted by Crippen LogP contribution is -1.87. The Bertz CT molecular complexity index is 196. The Morgan fingerprint density at radius 1 is 1.75 bits per heavy atom. The van der Waals surface area contributed by atoms with E-state index in [2.05, 4.69) is 9.59 Å². The lowest BCUT2D eigenvalue weighted by atomic mass is 10.6. The quantitative estimate of drug-likeness (QED) is 0.539. The van der Waals surface area contributed by atoms with Crippen LogP contribution < -0.4 is 5.73 Å². The molecule has 0 radical (unpaired) electrons. The van der Waals surface area contributed by atoms with Gasteiger partial charge in [-0.3, -0.25) is 4.79 Å². The Kier molecular flexibility index (Phi) is 1.21. The van der Waals surface area contributed by atoms with Crippen molar-refractivity contribution < 1.29 is 4.79 Å². The molecule has 1 aromatic rings. The molecule has 2 N–H and O–H groups in total. The molecule has 0 saturated heterocycles. The van der Waals surface area contributed by atoms with E-state index in [0.29, 0.717) is 11.2 Å². The van der Waals surface area contributed by atoms with Crippen molar-refractivity contribution in [1.82, 2.24) is 9.59 Å². The van der Waals surface area contributed by atoms with Crippen molar-refractivity contribution >= 4 is 23.6 Å². The van der Waals surface area contributed by atoms with Crippen LogP contribution in [0.4, 0.5) is 5.82 Å². The van der Waals surface area contributed by atoms with Gasteiger partial charge in [0.15, 0.2) is 12.1 Å². The van der Waals surface area contributed by atoms with Gasteiger partial charge < -0.3 is 5.73 Å². The normalized spacial score (nSPS) is 9.00. The van der Waals surface area contributed by atoms with E-state index in [1.54, 1.807) is 0 Å². The average Bonchev–Trinajstić information content (AvgIpc) is 2.14. The van der Waals surface area contributed by atoms with Crippen molar-refractivity contribution in [2.24, 2.45) is 0 Å². The van der Waals surface area contributed by atoms with E-state index in [9.17, 15) is 4.79 Å². The molecule has 0 spiro atoms. The molecule has 0 amide bonds. The molecule has 0 unspecified atom stereocenters. The van der Waals surface area contributed by atoms with Crippen LogP contribution in [0.2, 0.25) is 0 Å². The van der Waals surface area contributed by atoms with Crippen LogP contribution in [0.3, 0.4) is 0 Å². The van der Waals surface area contributed by atoms with Crippen molar-refractivity contribution in [2.75, 3.05) is 5.73 Å². The molecule has 4 nitrogen and oxygen atoms in total. The summed E-state index contributed by atoms with van der Waals surface area (Å²) in [5.41, 5.74) is 5.16. The van der Waals surface area contributed by atoms with Gasteiger partial charge in [-0.1, -0.05) is 4.49 Å². The van der Waals surface area contributed by atoms with Gasteiger partial charge in [0, 0.05) is 0 Å². The summed E-state index contributed by atoms with van der Waals surface area (Å²) in [6.45, 7) is 0. The molecule has 1 rings (SSSR count). The molecule has 0 saturated carbocycles. The standard InChI is InChI=1S/C3H3N3OS/c4-3-2(1-7)8-6-5-3/h1H,4H2. The topological polar surface area (TPSA) is 68.9 Å². The van der Waals surface area contributed by atoms with E-state index in [1.807, 2.05) is 0 Å². The first-order valence-electron chi connectivity index (χ1n) is 1.87. The number of anilines is 1. The average molecular weight is 129 g/mol. The van der Waals surface area contributed by atoms with Gasteiger partial charge in [-0.2, -0.15) is 0 Å². The van der Waals surface area contributed by atoms with Gasteiger partial charge in [0.1, 0.15) is 4.88 Å². The van der Waals surface area contributed by atoms with Crippen LogP contribution in [-0.2, 0) is 0 Å². The Labute approximate surface area is 49.5 Å².